The normalized spacial score (nSPS) is 21.2. The predicted octanol–water partition coefficient (Wildman–Crippen LogP) is 0.856. The Morgan fingerprint density at radius 1 is 1.25 bits per heavy atom. The third-order valence-corrected chi connectivity index (χ3v) is 1.15. The quantitative estimate of drug-likeness (QED) is 0.242. The van der Waals surface area contributed by atoms with Crippen molar-refractivity contribution in [2.24, 2.45) is 0 Å². The number of hydrogen-bond donors (Lipinski definition) is 0. The summed E-state index contributed by atoms with van der Waals surface area (Å²) in [4.78, 5) is 20.2. The van der Waals surface area contributed by atoms with Crippen LogP contribution in [0.2, 0.25) is 0 Å². The van der Waals surface area contributed by atoms with Gasteiger partial charge in [-0.25, -0.2) is 9.59 Å². The lowest BCUT2D eigenvalue weighted by Gasteiger charge is -2.00. The molecule has 0 bridgehead atoms. The lowest BCUT2D eigenvalue weighted by molar-refractivity contribution is -0.161. The smallest absolute Gasteiger partial charge is 0.385 e. The zero-order chi connectivity index (χ0) is 9.52. The Hall–Kier alpha value is -1.40. The molecule has 0 aromatic rings. The lowest BCUT2D eigenvalue weighted by Crippen LogP contribution is -2.24. The Kier molecular flexibility index (Phi) is 1.66. The van der Waals surface area contributed by atoms with Crippen LogP contribution in [0.5, 0.6) is 0 Å². The van der Waals surface area contributed by atoms with Crippen molar-refractivity contribution in [1.82, 2.24) is 0 Å². The summed E-state index contributed by atoms with van der Waals surface area (Å²) in [6.45, 7) is 0. The summed E-state index contributed by atoms with van der Waals surface area (Å²) in [5.41, 5.74) is -2.17. The molecule has 0 aromatic heterocycles. The van der Waals surface area contributed by atoms with Crippen LogP contribution in [0.15, 0.2) is 11.7 Å². The molecular formula is C5F4O3. The second kappa shape index (κ2) is 2.29. The molecule has 0 spiro atoms. The van der Waals surface area contributed by atoms with Crippen molar-refractivity contribution in [3.8, 4) is 0 Å². The van der Waals surface area contributed by atoms with E-state index in [-0.39, 0.29) is 0 Å². The van der Waals surface area contributed by atoms with Crippen LogP contribution >= 0.6 is 0 Å². The summed E-state index contributed by atoms with van der Waals surface area (Å²) in [5, 5.41) is 0. The Morgan fingerprint density at radius 2 is 1.75 bits per heavy atom. The van der Waals surface area contributed by atoms with Crippen LogP contribution in [-0.4, -0.2) is 17.9 Å². The van der Waals surface area contributed by atoms with E-state index in [0.29, 0.717) is 0 Å². The van der Waals surface area contributed by atoms with E-state index in [2.05, 4.69) is 4.74 Å². The minimum atomic E-state index is -4.52. The van der Waals surface area contributed by atoms with Crippen LogP contribution in [0.3, 0.4) is 0 Å². The number of alkyl halides is 2. The fourth-order valence-corrected chi connectivity index (χ4v) is 0.625. The maximum atomic E-state index is 12.3. The van der Waals surface area contributed by atoms with Gasteiger partial charge in [0.15, 0.2) is 5.57 Å². The zero-order valence-electron chi connectivity index (χ0n) is 5.24. The number of hydrogen-bond acceptors (Lipinski definition) is 3. The minimum absolute atomic E-state index is 2.00. The average molecular weight is 184 g/mol. The summed E-state index contributed by atoms with van der Waals surface area (Å²) >= 11 is 0. The molecule has 0 aliphatic carbocycles. The van der Waals surface area contributed by atoms with Crippen molar-refractivity contribution >= 4 is 11.9 Å². The van der Waals surface area contributed by atoms with Gasteiger partial charge >= 0.3 is 17.9 Å². The summed E-state index contributed by atoms with van der Waals surface area (Å²) in [6, 6.07) is 0. The second-order valence-electron chi connectivity index (χ2n) is 1.89. The highest BCUT2D eigenvalue weighted by molar-refractivity contribution is 6.10. The molecule has 1 rings (SSSR count). The van der Waals surface area contributed by atoms with Gasteiger partial charge < -0.3 is 4.74 Å². The van der Waals surface area contributed by atoms with E-state index >= 15 is 0 Å². The van der Waals surface area contributed by atoms with Crippen LogP contribution in [-0.2, 0) is 14.3 Å². The van der Waals surface area contributed by atoms with Crippen molar-refractivity contribution in [3.63, 3.8) is 0 Å². The molecule has 1 aliphatic heterocycles. The summed E-state index contributed by atoms with van der Waals surface area (Å²) < 4.78 is 51.0. The summed E-state index contributed by atoms with van der Waals surface area (Å²) in [6.07, 6.45) is -2.91. The number of rotatable bonds is 0. The van der Waals surface area contributed by atoms with Gasteiger partial charge in [-0.2, -0.15) is 17.6 Å². The Labute approximate surface area is 62.6 Å². The molecule has 7 heteroatoms. The van der Waals surface area contributed by atoms with Crippen LogP contribution in [0.25, 0.3) is 0 Å². The Morgan fingerprint density at radius 3 is 1.92 bits per heavy atom. The van der Waals surface area contributed by atoms with Crippen LogP contribution in [0.1, 0.15) is 0 Å². The van der Waals surface area contributed by atoms with Gasteiger partial charge in [0.25, 0.3) is 6.08 Å². The topological polar surface area (TPSA) is 43.4 Å². The fraction of sp³-hybridized carbons (Fsp3) is 0.200. The molecular weight excluding hydrogens is 184 g/mol. The van der Waals surface area contributed by atoms with E-state index in [1.54, 1.807) is 0 Å². The van der Waals surface area contributed by atoms with E-state index in [1.807, 2.05) is 0 Å². The molecule has 1 saturated heterocycles. The first kappa shape index (κ1) is 8.69. The third kappa shape index (κ3) is 0.973. The van der Waals surface area contributed by atoms with Crippen molar-refractivity contribution in [3.05, 3.63) is 11.7 Å². The van der Waals surface area contributed by atoms with Gasteiger partial charge in [0.2, 0.25) is 0 Å². The zero-order valence-corrected chi connectivity index (χ0v) is 5.24. The van der Waals surface area contributed by atoms with Gasteiger partial charge in [0.05, 0.1) is 0 Å². The van der Waals surface area contributed by atoms with Gasteiger partial charge in [0.1, 0.15) is 0 Å². The molecule has 3 nitrogen and oxygen atoms in total. The predicted molar refractivity (Wildman–Crippen MR) is 25.3 cm³/mol. The highest BCUT2D eigenvalue weighted by atomic mass is 19.3. The summed E-state index contributed by atoms with van der Waals surface area (Å²) in [5.74, 6) is -8.78. The largest absolute Gasteiger partial charge is 0.390 e. The van der Waals surface area contributed by atoms with Crippen molar-refractivity contribution in [2.75, 3.05) is 0 Å². The molecule has 0 unspecified atom stereocenters. The molecule has 0 atom stereocenters. The van der Waals surface area contributed by atoms with Gasteiger partial charge in [-0.15, -0.1) is 0 Å². The molecule has 0 saturated carbocycles. The Bertz CT molecular complexity index is 289. The maximum absolute atomic E-state index is 12.3. The highest BCUT2D eigenvalue weighted by Gasteiger charge is 2.59. The van der Waals surface area contributed by atoms with E-state index in [4.69, 9.17) is 0 Å². The molecule has 66 valence electrons. The fourth-order valence-electron chi connectivity index (χ4n) is 0.625. The van der Waals surface area contributed by atoms with Crippen LogP contribution in [0, 0.1) is 0 Å². The summed E-state index contributed by atoms with van der Waals surface area (Å²) in [7, 11) is 0. The van der Waals surface area contributed by atoms with E-state index in [1.165, 1.54) is 0 Å². The molecule has 1 fully saturated rings. The van der Waals surface area contributed by atoms with Crippen molar-refractivity contribution in [2.45, 2.75) is 5.92 Å². The van der Waals surface area contributed by atoms with E-state index in [0.717, 1.165) is 0 Å². The minimum Gasteiger partial charge on any atom is -0.385 e. The monoisotopic (exact) mass is 184 g/mol. The average Bonchev–Trinajstić information content (AvgIpc) is 2.02. The highest BCUT2D eigenvalue weighted by Crippen LogP contribution is 2.35. The lowest BCUT2D eigenvalue weighted by atomic mass is 10.2. The molecule has 12 heavy (non-hydrogen) atoms. The van der Waals surface area contributed by atoms with Gasteiger partial charge in [-0.05, 0) is 0 Å². The first-order chi connectivity index (χ1) is 5.37. The number of carbonyl (C=O) groups is 2. The third-order valence-electron chi connectivity index (χ3n) is 1.15. The SMILES string of the molecule is O=C1OC(=O)C(F)(F)C1=C(F)F. The number of cyclic esters (lactones) is 2. The second-order valence-corrected chi connectivity index (χ2v) is 1.89. The molecule has 0 radical (unpaired) electrons. The Balaban J connectivity index is 3.27. The van der Waals surface area contributed by atoms with E-state index in [9.17, 15) is 27.2 Å². The molecule has 0 N–H and O–H groups in total. The van der Waals surface area contributed by atoms with Crippen LogP contribution in [0.4, 0.5) is 17.6 Å². The van der Waals surface area contributed by atoms with Gasteiger partial charge in [-0.1, -0.05) is 0 Å². The first-order valence-electron chi connectivity index (χ1n) is 2.57. The molecule has 1 aliphatic rings. The van der Waals surface area contributed by atoms with Crippen LogP contribution < -0.4 is 0 Å². The maximum Gasteiger partial charge on any atom is 0.390 e. The standard InChI is InChI=1S/C5F4O3/c6-2(7)1-3(10)12-4(11)5(1,8)9. The molecule has 0 aromatic carbocycles. The number of carbonyl (C=O) groups excluding carboxylic acids is 2. The van der Waals surface area contributed by atoms with Gasteiger partial charge in [-0.3, -0.25) is 0 Å². The molecule has 0 amide bonds. The number of esters is 2. The van der Waals surface area contributed by atoms with E-state index < -0.39 is 29.5 Å². The van der Waals surface area contributed by atoms with Gasteiger partial charge in [0, 0.05) is 0 Å². The first-order valence-corrected chi connectivity index (χ1v) is 2.57. The molecule has 1 heterocycles. The van der Waals surface area contributed by atoms with Crippen molar-refractivity contribution < 1.29 is 31.9 Å². The van der Waals surface area contributed by atoms with Crippen molar-refractivity contribution in [1.29, 1.82) is 0 Å². The number of ether oxygens (including phenoxy) is 1. The number of halogens is 4.